The Kier molecular flexibility index (Phi) is 4.87. The molecule has 1 heterocycles. The van der Waals surface area contributed by atoms with Gasteiger partial charge in [-0.05, 0) is 43.4 Å². The molecule has 1 saturated carbocycles. The third kappa shape index (κ3) is 3.61. The van der Waals surface area contributed by atoms with E-state index < -0.39 is 0 Å². The van der Waals surface area contributed by atoms with Crippen LogP contribution in [0.4, 0.5) is 0 Å². The Bertz CT molecular complexity index is 582. The minimum Gasteiger partial charge on any atom is -0.361 e. The Hall–Kier alpha value is -0.990. The summed E-state index contributed by atoms with van der Waals surface area (Å²) in [5.74, 6) is 0.840. The van der Waals surface area contributed by atoms with Gasteiger partial charge in [0.1, 0.15) is 0 Å². The lowest BCUT2D eigenvalue weighted by Crippen LogP contribution is -2.32. The van der Waals surface area contributed by atoms with E-state index in [9.17, 15) is 0 Å². The zero-order valence-electron chi connectivity index (χ0n) is 12.8. The lowest BCUT2D eigenvalue weighted by atomic mass is 9.93. The molecule has 0 radical (unpaired) electrons. The van der Waals surface area contributed by atoms with Gasteiger partial charge >= 0.3 is 0 Å². The molecule has 0 saturated heterocycles. The van der Waals surface area contributed by atoms with Gasteiger partial charge < -0.3 is 10.3 Å². The van der Waals surface area contributed by atoms with Crippen molar-refractivity contribution in [2.24, 2.45) is 5.92 Å². The lowest BCUT2D eigenvalue weighted by Gasteiger charge is -2.23. The average Bonchev–Trinajstić information content (AvgIpc) is 2.70. The summed E-state index contributed by atoms with van der Waals surface area (Å²) >= 11 is 6.04. The second kappa shape index (κ2) is 6.85. The van der Waals surface area contributed by atoms with E-state index in [2.05, 4.69) is 29.5 Å². The van der Waals surface area contributed by atoms with E-state index in [1.54, 1.807) is 0 Å². The molecular weight excluding hydrogens is 280 g/mol. The van der Waals surface area contributed by atoms with Crippen LogP contribution in [0.2, 0.25) is 5.02 Å². The number of halogens is 1. The summed E-state index contributed by atoms with van der Waals surface area (Å²) in [4.78, 5) is 3.32. The van der Waals surface area contributed by atoms with Crippen LogP contribution in [0.25, 0.3) is 10.9 Å². The van der Waals surface area contributed by atoms with Crippen molar-refractivity contribution in [1.29, 1.82) is 0 Å². The zero-order valence-corrected chi connectivity index (χ0v) is 13.5. The van der Waals surface area contributed by atoms with Crippen molar-refractivity contribution in [3.05, 3.63) is 35.0 Å². The normalized spacial score (nSPS) is 18.8. The summed E-state index contributed by atoms with van der Waals surface area (Å²) in [6.07, 6.45) is 10.5. The molecule has 1 fully saturated rings. The third-order valence-corrected chi connectivity index (χ3v) is 5.19. The average molecular weight is 305 g/mol. The van der Waals surface area contributed by atoms with Crippen LogP contribution in [0.5, 0.6) is 0 Å². The minimum atomic E-state index is 0.598. The van der Waals surface area contributed by atoms with Gasteiger partial charge in [-0.3, -0.25) is 0 Å². The molecule has 2 aromatic rings. The van der Waals surface area contributed by atoms with Gasteiger partial charge in [0.15, 0.2) is 0 Å². The monoisotopic (exact) mass is 304 g/mol. The number of fused-ring (bicyclic) bond motifs is 1. The quantitative estimate of drug-likeness (QED) is 0.740. The summed E-state index contributed by atoms with van der Waals surface area (Å²) in [6, 6.07) is 6.67. The first kappa shape index (κ1) is 14.9. The molecule has 2 N–H and O–H groups in total. The number of hydrogen-bond donors (Lipinski definition) is 2. The summed E-state index contributed by atoms with van der Waals surface area (Å²) in [5, 5.41) is 5.80. The molecule has 1 aliphatic rings. The molecule has 0 bridgehead atoms. The maximum Gasteiger partial charge on any atom is 0.0472 e. The number of hydrogen-bond acceptors (Lipinski definition) is 1. The van der Waals surface area contributed by atoms with Gasteiger partial charge in [-0.1, -0.05) is 43.4 Å². The summed E-state index contributed by atoms with van der Waals surface area (Å²) in [7, 11) is 0. The number of benzene rings is 1. The summed E-state index contributed by atoms with van der Waals surface area (Å²) in [6.45, 7) is 3.28. The van der Waals surface area contributed by atoms with Gasteiger partial charge in [0, 0.05) is 34.7 Å². The first-order valence-corrected chi connectivity index (χ1v) is 8.61. The number of aromatic amines is 1. The van der Waals surface area contributed by atoms with Crippen molar-refractivity contribution in [3.8, 4) is 0 Å². The molecule has 2 nitrogen and oxygen atoms in total. The van der Waals surface area contributed by atoms with Gasteiger partial charge in [-0.15, -0.1) is 0 Å². The van der Waals surface area contributed by atoms with Crippen LogP contribution in [0.1, 0.15) is 51.0 Å². The Labute approximate surface area is 132 Å². The molecule has 1 aliphatic carbocycles. The molecule has 114 valence electrons. The predicted molar refractivity (Wildman–Crippen MR) is 90.8 cm³/mol. The van der Waals surface area contributed by atoms with Crippen LogP contribution in [-0.2, 0) is 6.54 Å². The van der Waals surface area contributed by atoms with E-state index in [1.165, 1.54) is 49.5 Å². The highest BCUT2D eigenvalue weighted by Crippen LogP contribution is 2.26. The first-order chi connectivity index (χ1) is 10.2. The van der Waals surface area contributed by atoms with Crippen molar-refractivity contribution in [2.45, 2.75) is 58.0 Å². The Morgan fingerprint density at radius 1 is 1.24 bits per heavy atom. The Balaban J connectivity index is 1.63. The van der Waals surface area contributed by atoms with Gasteiger partial charge in [0.25, 0.3) is 0 Å². The molecule has 0 aliphatic heterocycles. The molecule has 0 unspecified atom stereocenters. The van der Waals surface area contributed by atoms with E-state index >= 15 is 0 Å². The first-order valence-electron chi connectivity index (χ1n) is 8.23. The van der Waals surface area contributed by atoms with E-state index in [0.29, 0.717) is 6.04 Å². The number of nitrogens with one attached hydrogen (secondary N) is 2. The SMILES string of the molecule is C[C@@H](NCc1c[nH]c2cc(Cl)ccc12)C1CCCCCC1. The molecule has 0 amide bonds. The number of H-pyrrole nitrogens is 1. The highest BCUT2D eigenvalue weighted by atomic mass is 35.5. The van der Waals surface area contributed by atoms with E-state index in [0.717, 1.165) is 23.0 Å². The van der Waals surface area contributed by atoms with Crippen molar-refractivity contribution < 1.29 is 0 Å². The van der Waals surface area contributed by atoms with Crippen LogP contribution in [-0.4, -0.2) is 11.0 Å². The fourth-order valence-corrected chi connectivity index (χ4v) is 3.73. The maximum atomic E-state index is 6.04. The van der Waals surface area contributed by atoms with Crippen molar-refractivity contribution in [3.63, 3.8) is 0 Å². The maximum absolute atomic E-state index is 6.04. The molecule has 3 heteroatoms. The van der Waals surface area contributed by atoms with Crippen molar-refractivity contribution >= 4 is 22.5 Å². The highest BCUT2D eigenvalue weighted by molar-refractivity contribution is 6.31. The fourth-order valence-electron chi connectivity index (χ4n) is 3.55. The molecule has 21 heavy (non-hydrogen) atoms. The van der Waals surface area contributed by atoms with E-state index in [4.69, 9.17) is 11.6 Å². The standard InChI is InChI=1S/C18H25ClN2/c1-13(14-6-4-2-3-5-7-14)20-11-15-12-21-18-10-16(19)8-9-17(15)18/h8-10,12-14,20-21H,2-7,11H2,1H3/t13-/m1/s1. The summed E-state index contributed by atoms with van der Waals surface area (Å²) in [5.41, 5.74) is 2.46. The number of aromatic nitrogens is 1. The van der Waals surface area contributed by atoms with Gasteiger partial charge in [-0.2, -0.15) is 0 Å². The summed E-state index contributed by atoms with van der Waals surface area (Å²) < 4.78 is 0. The molecule has 1 aromatic carbocycles. The second-order valence-electron chi connectivity index (χ2n) is 6.43. The van der Waals surface area contributed by atoms with Gasteiger partial charge in [0.05, 0.1) is 0 Å². The third-order valence-electron chi connectivity index (χ3n) is 4.95. The van der Waals surface area contributed by atoms with Crippen LogP contribution in [0.15, 0.2) is 24.4 Å². The van der Waals surface area contributed by atoms with Crippen molar-refractivity contribution in [1.82, 2.24) is 10.3 Å². The van der Waals surface area contributed by atoms with Crippen LogP contribution in [0, 0.1) is 5.92 Å². The van der Waals surface area contributed by atoms with E-state index in [-0.39, 0.29) is 0 Å². The smallest absolute Gasteiger partial charge is 0.0472 e. The topological polar surface area (TPSA) is 27.8 Å². The molecule has 3 rings (SSSR count). The lowest BCUT2D eigenvalue weighted by molar-refractivity contribution is 0.337. The minimum absolute atomic E-state index is 0.598. The highest BCUT2D eigenvalue weighted by Gasteiger charge is 2.18. The van der Waals surface area contributed by atoms with Crippen LogP contribution in [0.3, 0.4) is 0 Å². The fraction of sp³-hybridized carbons (Fsp3) is 0.556. The predicted octanol–water partition coefficient (Wildman–Crippen LogP) is 5.27. The Morgan fingerprint density at radius 3 is 2.76 bits per heavy atom. The van der Waals surface area contributed by atoms with Gasteiger partial charge in [-0.25, -0.2) is 0 Å². The molecule has 1 aromatic heterocycles. The molecular formula is C18H25ClN2. The van der Waals surface area contributed by atoms with Crippen LogP contribution < -0.4 is 5.32 Å². The second-order valence-corrected chi connectivity index (χ2v) is 6.86. The number of rotatable bonds is 4. The Morgan fingerprint density at radius 2 is 2.00 bits per heavy atom. The largest absolute Gasteiger partial charge is 0.361 e. The van der Waals surface area contributed by atoms with Crippen LogP contribution >= 0.6 is 11.6 Å². The van der Waals surface area contributed by atoms with E-state index in [1.807, 2.05) is 12.1 Å². The molecule has 0 spiro atoms. The van der Waals surface area contributed by atoms with Crippen molar-refractivity contribution in [2.75, 3.05) is 0 Å². The molecule has 1 atom stereocenters. The zero-order chi connectivity index (χ0) is 14.7. The van der Waals surface area contributed by atoms with Gasteiger partial charge in [0.2, 0.25) is 0 Å².